The molecule has 0 unspecified atom stereocenters. The number of carboxylic acids is 1. The number of pyridine rings is 1. The predicted octanol–water partition coefficient (Wildman–Crippen LogP) is 3.02. The number of hydrogen-bond acceptors (Lipinski definition) is 2. The zero-order valence-corrected chi connectivity index (χ0v) is 9.69. The molecule has 1 aromatic heterocycles. The molecule has 1 N–H and O–H groups in total. The van der Waals surface area contributed by atoms with E-state index in [4.69, 9.17) is 16.7 Å². The Kier molecular flexibility index (Phi) is 3.40. The van der Waals surface area contributed by atoms with Gasteiger partial charge >= 0.3 is 5.97 Å². The summed E-state index contributed by atoms with van der Waals surface area (Å²) in [6, 6.07) is 10.8. The Bertz CT molecular complexity index is 555. The average Bonchev–Trinajstić information content (AvgIpc) is 2.32. The first kappa shape index (κ1) is 11.6. The maximum absolute atomic E-state index is 11.0. The van der Waals surface area contributed by atoms with Crippen molar-refractivity contribution in [3.63, 3.8) is 0 Å². The Balaban J connectivity index is 2.37. The smallest absolute Gasteiger partial charge is 0.354 e. The van der Waals surface area contributed by atoms with Crippen molar-refractivity contribution in [2.24, 2.45) is 0 Å². The van der Waals surface area contributed by atoms with Gasteiger partial charge in [0.05, 0.1) is 0 Å². The van der Waals surface area contributed by atoms with Gasteiger partial charge in [0.15, 0.2) is 5.69 Å². The number of halogens is 1. The van der Waals surface area contributed by atoms with Crippen molar-refractivity contribution in [2.45, 2.75) is 6.42 Å². The van der Waals surface area contributed by atoms with Crippen LogP contribution in [0.5, 0.6) is 0 Å². The highest BCUT2D eigenvalue weighted by Crippen LogP contribution is 2.20. The molecule has 0 radical (unpaired) electrons. The molecule has 2 rings (SSSR count). The van der Waals surface area contributed by atoms with E-state index in [0.29, 0.717) is 17.0 Å². The standard InChI is InChI=1S/C13H10ClNO2/c14-11-6-2-1-4-9(11)8-10-5-3-7-15-12(10)13(16)17/h1-7H,8H2,(H,16,17). The number of aromatic nitrogens is 1. The van der Waals surface area contributed by atoms with Gasteiger partial charge in [-0.05, 0) is 23.3 Å². The topological polar surface area (TPSA) is 50.2 Å². The first-order valence-corrected chi connectivity index (χ1v) is 5.47. The summed E-state index contributed by atoms with van der Waals surface area (Å²) >= 11 is 6.04. The van der Waals surface area contributed by atoms with E-state index < -0.39 is 5.97 Å². The highest BCUT2D eigenvalue weighted by atomic mass is 35.5. The van der Waals surface area contributed by atoms with E-state index in [9.17, 15) is 4.79 Å². The van der Waals surface area contributed by atoms with Crippen LogP contribution >= 0.6 is 11.6 Å². The first-order valence-electron chi connectivity index (χ1n) is 5.09. The van der Waals surface area contributed by atoms with Gasteiger partial charge in [0.1, 0.15) is 0 Å². The molecule has 86 valence electrons. The van der Waals surface area contributed by atoms with Crippen LogP contribution in [-0.2, 0) is 6.42 Å². The second-order valence-electron chi connectivity index (χ2n) is 3.58. The minimum Gasteiger partial charge on any atom is -0.477 e. The number of nitrogens with zero attached hydrogens (tertiary/aromatic N) is 1. The lowest BCUT2D eigenvalue weighted by molar-refractivity contribution is 0.0689. The molecule has 0 amide bonds. The number of carboxylic acid groups (broad SMARTS) is 1. The SMILES string of the molecule is O=C(O)c1ncccc1Cc1ccccc1Cl. The molecule has 17 heavy (non-hydrogen) atoms. The zero-order chi connectivity index (χ0) is 12.3. The summed E-state index contributed by atoms with van der Waals surface area (Å²) in [6.45, 7) is 0. The number of rotatable bonds is 3. The molecule has 2 aromatic rings. The van der Waals surface area contributed by atoms with Crippen molar-refractivity contribution in [1.82, 2.24) is 4.98 Å². The second-order valence-corrected chi connectivity index (χ2v) is 3.99. The van der Waals surface area contributed by atoms with Gasteiger partial charge in [0.25, 0.3) is 0 Å². The Labute approximate surface area is 104 Å². The normalized spacial score (nSPS) is 10.2. The van der Waals surface area contributed by atoms with Crippen molar-refractivity contribution in [3.8, 4) is 0 Å². The molecule has 1 heterocycles. The van der Waals surface area contributed by atoms with Gasteiger partial charge in [0, 0.05) is 17.6 Å². The van der Waals surface area contributed by atoms with Crippen LogP contribution in [0.1, 0.15) is 21.6 Å². The van der Waals surface area contributed by atoms with E-state index in [1.54, 1.807) is 18.2 Å². The van der Waals surface area contributed by atoms with Crippen LogP contribution in [0.2, 0.25) is 5.02 Å². The summed E-state index contributed by atoms with van der Waals surface area (Å²) in [6.07, 6.45) is 1.94. The molecule has 4 heteroatoms. The monoisotopic (exact) mass is 247 g/mol. The molecule has 0 saturated carbocycles. The number of hydrogen-bond donors (Lipinski definition) is 1. The van der Waals surface area contributed by atoms with Crippen molar-refractivity contribution in [2.75, 3.05) is 0 Å². The Morgan fingerprint density at radius 3 is 2.59 bits per heavy atom. The lowest BCUT2D eigenvalue weighted by atomic mass is 10.0. The molecule has 0 fully saturated rings. The summed E-state index contributed by atoms with van der Waals surface area (Å²) < 4.78 is 0. The minimum absolute atomic E-state index is 0.0763. The summed E-state index contributed by atoms with van der Waals surface area (Å²) in [7, 11) is 0. The molecule has 0 aliphatic rings. The van der Waals surface area contributed by atoms with Gasteiger partial charge in [-0.25, -0.2) is 9.78 Å². The first-order chi connectivity index (χ1) is 8.18. The second kappa shape index (κ2) is 4.97. The van der Waals surface area contributed by atoms with E-state index in [1.165, 1.54) is 6.20 Å². The van der Waals surface area contributed by atoms with E-state index >= 15 is 0 Å². The van der Waals surface area contributed by atoms with Crippen LogP contribution < -0.4 is 0 Å². The van der Waals surface area contributed by atoms with Crippen molar-refractivity contribution in [3.05, 3.63) is 64.4 Å². The third kappa shape index (κ3) is 2.63. The largest absolute Gasteiger partial charge is 0.477 e. The highest BCUT2D eigenvalue weighted by molar-refractivity contribution is 6.31. The summed E-state index contributed by atoms with van der Waals surface area (Å²) in [5.74, 6) is -1.02. The quantitative estimate of drug-likeness (QED) is 0.907. The van der Waals surface area contributed by atoms with E-state index in [-0.39, 0.29) is 5.69 Å². The highest BCUT2D eigenvalue weighted by Gasteiger charge is 2.12. The molecule has 0 bridgehead atoms. The van der Waals surface area contributed by atoms with Crippen molar-refractivity contribution < 1.29 is 9.90 Å². The maximum atomic E-state index is 11.0. The van der Waals surface area contributed by atoms with E-state index in [0.717, 1.165) is 5.56 Å². The zero-order valence-electron chi connectivity index (χ0n) is 8.93. The fourth-order valence-electron chi connectivity index (χ4n) is 1.62. The van der Waals surface area contributed by atoms with Crippen molar-refractivity contribution in [1.29, 1.82) is 0 Å². The fraction of sp³-hybridized carbons (Fsp3) is 0.0769. The van der Waals surface area contributed by atoms with Crippen LogP contribution in [0.3, 0.4) is 0 Å². The van der Waals surface area contributed by atoms with Crippen LogP contribution in [0, 0.1) is 0 Å². The number of benzene rings is 1. The van der Waals surface area contributed by atoms with Gasteiger partial charge in [0.2, 0.25) is 0 Å². The van der Waals surface area contributed by atoms with Crippen LogP contribution in [0.15, 0.2) is 42.6 Å². The molecule has 0 saturated heterocycles. The van der Waals surface area contributed by atoms with E-state index in [2.05, 4.69) is 4.98 Å². The van der Waals surface area contributed by atoms with Gasteiger partial charge in [-0.2, -0.15) is 0 Å². The lowest BCUT2D eigenvalue weighted by Crippen LogP contribution is -2.05. The predicted molar refractivity (Wildman–Crippen MR) is 65.5 cm³/mol. The summed E-state index contributed by atoms with van der Waals surface area (Å²) in [4.78, 5) is 14.9. The molecular formula is C13H10ClNO2. The van der Waals surface area contributed by atoms with Crippen molar-refractivity contribution >= 4 is 17.6 Å². The molecule has 0 aliphatic heterocycles. The van der Waals surface area contributed by atoms with E-state index in [1.807, 2.05) is 18.2 Å². The fourth-order valence-corrected chi connectivity index (χ4v) is 1.82. The van der Waals surface area contributed by atoms with Gasteiger partial charge in [-0.3, -0.25) is 0 Å². The summed E-state index contributed by atoms with van der Waals surface area (Å²) in [5.41, 5.74) is 1.63. The average molecular weight is 248 g/mol. The Morgan fingerprint density at radius 1 is 1.18 bits per heavy atom. The third-order valence-electron chi connectivity index (χ3n) is 2.43. The van der Waals surface area contributed by atoms with Crippen LogP contribution in [-0.4, -0.2) is 16.1 Å². The Hall–Kier alpha value is -1.87. The minimum atomic E-state index is -1.02. The molecule has 3 nitrogen and oxygen atoms in total. The molecule has 0 aliphatic carbocycles. The molecule has 0 spiro atoms. The number of carbonyl (C=O) groups is 1. The molecule has 0 atom stereocenters. The van der Waals surface area contributed by atoms with Crippen LogP contribution in [0.4, 0.5) is 0 Å². The summed E-state index contributed by atoms with van der Waals surface area (Å²) in [5, 5.41) is 9.65. The van der Waals surface area contributed by atoms with Gasteiger partial charge in [-0.1, -0.05) is 35.9 Å². The number of aromatic carboxylic acids is 1. The van der Waals surface area contributed by atoms with Gasteiger partial charge in [-0.15, -0.1) is 0 Å². The third-order valence-corrected chi connectivity index (χ3v) is 2.80. The molecule has 1 aromatic carbocycles. The molecular weight excluding hydrogens is 238 g/mol. The lowest BCUT2D eigenvalue weighted by Gasteiger charge is -2.06. The van der Waals surface area contributed by atoms with Gasteiger partial charge < -0.3 is 5.11 Å². The van der Waals surface area contributed by atoms with Crippen LogP contribution in [0.25, 0.3) is 0 Å². The maximum Gasteiger partial charge on any atom is 0.354 e. The Morgan fingerprint density at radius 2 is 1.88 bits per heavy atom.